The summed E-state index contributed by atoms with van der Waals surface area (Å²) in [5.41, 5.74) is 1.80. The van der Waals surface area contributed by atoms with E-state index in [4.69, 9.17) is 23.2 Å². The zero-order valence-electron chi connectivity index (χ0n) is 14.8. The van der Waals surface area contributed by atoms with E-state index >= 15 is 0 Å². The van der Waals surface area contributed by atoms with Gasteiger partial charge in [-0.05, 0) is 48.4 Å². The highest BCUT2D eigenvalue weighted by Gasteiger charge is 2.39. The fourth-order valence-corrected chi connectivity index (χ4v) is 4.04. The summed E-state index contributed by atoms with van der Waals surface area (Å²) in [6, 6.07) is 13.9. The van der Waals surface area contributed by atoms with Crippen LogP contribution in [0.3, 0.4) is 0 Å². The Morgan fingerprint density at radius 3 is 2.62 bits per heavy atom. The molecular formula is C20H13BrCl2N4O2. The third kappa shape index (κ3) is 4.12. The predicted octanol–water partition coefficient (Wildman–Crippen LogP) is 5.02. The zero-order chi connectivity index (χ0) is 20.5. The number of anilines is 3. The molecule has 0 saturated heterocycles. The van der Waals surface area contributed by atoms with Crippen molar-refractivity contribution >= 4 is 68.1 Å². The highest BCUT2D eigenvalue weighted by molar-refractivity contribution is 9.10. The van der Waals surface area contributed by atoms with Crippen molar-refractivity contribution in [3.05, 3.63) is 75.1 Å². The molecular weight excluding hydrogens is 479 g/mol. The monoisotopic (exact) mass is 490 g/mol. The largest absolute Gasteiger partial charge is 0.325 e. The number of carbonyl (C=O) groups is 2. The molecule has 3 heterocycles. The van der Waals surface area contributed by atoms with E-state index in [1.807, 2.05) is 18.2 Å². The van der Waals surface area contributed by atoms with Crippen molar-refractivity contribution in [2.75, 3.05) is 10.2 Å². The smallest absolute Gasteiger partial charge is 0.245 e. The first kappa shape index (κ1) is 19.8. The lowest BCUT2D eigenvalue weighted by molar-refractivity contribution is -0.130. The number of nitrogens with zero attached hydrogens (tertiary/aromatic N) is 3. The van der Waals surface area contributed by atoms with Crippen LogP contribution in [0.15, 0.2) is 59.2 Å². The Kier molecular flexibility index (Phi) is 5.54. The fourth-order valence-electron chi connectivity index (χ4n) is 3.19. The van der Waals surface area contributed by atoms with Gasteiger partial charge in [-0.3, -0.25) is 14.5 Å². The molecule has 0 aliphatic carbocycles. The summed E-state index contributed by atoms with van der Waals surface area (Å²) in [7, 11) is 0. The van der Waals surface area contributed by atoms with Crippen LogP contribution in [-0.4, -0.2) is 21.8 Å². The third-order valence-corrected chi connectivity index (χ3v) is 5.32. The van der Waals surface area contributed by atoms with E-state index in [0.29, 0.717) is 17.2 Å². The van der Waals surface area contributed by atoms with Crippen LogP contribution in [0, 0.1) is 5.92 Å². The average Bonchev–Trinajstić information content (AvgIpc) is 2.66. The number of hydrogen-bond donors (Lipinski definition) is 1. The highest BCUT2D eigenvalue weighted by atomic mass is 79.9. The molecule has 1 aliphatic rings. The van der Waals surface area contributed by atoms with Crippen LogP contribution in [0.2, 0.25) is 10.3 Å². The summed E-state index contributed by atoms with van der Waals surface area (Å²) < 4.78 is 0.813. The molecule has 0 saturated carbocycles. The lowest BCUT2D eigenvalue weighted by Crippen LogP contribution is -2.44. The number of nitrogens with one attached hydrogen (secondary N) is 1. The van der Waals surface area contributed by atoms with Crippen molar-refractivity contribution < 1.29 is 9.59 Å². The van der Waals surface area contributed by atoms with Crippen molar-refractivity contribution in [2.45, 2.75) is 6.42 Å². The first-order valence-corrected chi connectivity index (χ1v) is 10.1. The Hall–Kier alpha value is -2.48. The van der Waals surface area contributed by atoms with Gasteiger partial charge in [0.2, 0.25) is 11.8 Å². The van der Waals surface area contributed by atoms with Crippen molar-refractivity contribution in [3.63, 3.8) is 0 Å². The van der Waals surface area contributed by atoms with Crippen LogP contribution in [0.5, 0.6) is 0 Å². The van der Waals surface area contributed by atoms with Gasteiger partial charge in [-0.2, -0.15) is 0 Å². The van der Waals surface area contributed by atoms with E-state index in [1.165, 1.54) is 17.0 Å². The van der Waals surface area contributed by atoms with E-state index < -0.39 is 11.8 Å². The quantitative estimate of drug-likeness (QED) is 0.412. The van der Waals surface area contributed by atoms with Crippen molar-refractivity contribution in [2.24, 2.45) is 5.92 Å². The van der Waals surface area contributed by atoms with Gasteiger partial charge in [0, 0.05) is 16.4 Å². The molecule has 1 atom stereocenters. The maximum Gasteiger partial charge on any atom is 0.245 e. The molecule has 2 amide bonds. The summed E-state index contributed by atoms with van der Waals surface area (Å²) in [5.74, 6) is -1.23. The first-order valence-electron chi connectivity index (χ1n) is 8.60. The van der Waals surface area contributed by atoms with E-state index in [2.05, 4.69) is 31.2 Å². The van der Waals surface area contributed by atoms with Crippen LogP contribution in [0.4, 0.5) is 17.2 Å². The second kappa shape index (κ2) is 8.10. The Morgan fingerprint density at radius 1 is 1.14 bits per heavy atom. The molecule has 146 valence electrons. The number of hydrogen-bond acceptors (Lipinski definition) is 4. The minimum atomic E-state index is -0.934. The van der Waals surface area contributed by atoms with Crippen LogP contribution in [-0.2, 0) is 16.0 Å². The molecule has 29 heavy (non-hydrogen) atoms. The van der Waals surface area contributed by atoms with Crippen LogP contribution >= 0.6 is 39.1 Å². The van der Waals surface area contributed by atoms with Gasteiger partial charge in [0.15, 0.2) is 0 Å². The van der Waals surface area contributed by atoms with Gasteiger partial charge in [0.05, 0.1) is 5.69 Å². The third-order valence-electron chi connectivity index (χ3n) is 4.44. The number of pyridine rings is 2. The molecule has 9 heteroatoms. The van der Waals surface area contributed by atoms with Gasteiger partial charge in [0.1, 0.15) is 22.0 Å². The standard InChI is InChI=1S/C20H13BrCl2N4O2/c21-12-4-1-5-14(8-12)27-18-11(3-2-6-24-18)7-15(20(27)29)19(28)25-13-9-16(22)26-17(23)10-13/h1-6,8-10,15H,7H2,(H,25,26,28). The molecule has 1 unspecified atom stereocenters. The number of benzene rings is 1. The molecule has 0 bridgehead atoms. The van der Waals surface area contributed by atoms with Crippen LogP contribution < -0.4 is 10.2 Å². The number of aromatic nitrogens is 2. The molecule has 4 rings (SSSR count). The van der Waals surface area contributed by atoms with Gasteiger partial charge >= 0.3 is 0 Å². The second-order valence-corrected chi connectivity index (χ2v) is 8.08. The van der Waals surface area contributed by atoms with E-state index in [1.54, 1.807) is 24.4 Å². The Balaban J connectivity index is 1.70. The van der Waals surface area contributed by atoms with E-state index in [9.17, 15) is 9.59 Å². The summed E-state index contributed by atoms with van der Waals surface area (Å²) in [6.45, 7) is 0. The second-order valence-electron chi connectivity index (χ2n) is 6.39. The summed E-state index contributed by atoms with van der Waals surface area (Å²) in [5, 5.41) is 3.01. The molecule has 2 aromatic heterocycles. The average molecular weight is 492 g/mol. The van der Waals surface area contributed by atoms with Gasteiger partial charge in [-0.25, -0.2) is 9.97 Å². The molecule has 1 aliphatic heterocycles. The Bertz CT molecular complexity index is 1100. The van der Waals surface area contributed by atoms with E-state index in [-0.39, 0.29) is 22.6 Å². The predicted molar refractivity (Wildman–Crippen MR) is 116 cm³/mol. The van der Waals surface area contributed by atoms with Crippen molar-refractivity contribution in [3.8, 4) is 0 Å². The van der Waals surface area contributed by atoms with Crippen molar-refractivity contribution in [1.29, 1.82) is 0 Å². The number of fused-ring (bicyclic) bond motifs is 1. The van der Waals surface area contributed by atoms with Gasteiger partial charge in [-0.1, -0.05) is 51.3 Å². The van der Waals surface area contributed by atoms with Crippen LogP contribution in [0.1, 0.15) is 5.56 Å². The molecule has 6 nitrogen and oxygen atoms in total. The van der Waals surface area contributed by atoms with Crippen molar-refractivity contribution in [1.82, 2.24) is 9.97 Å². The topological polar surface area (TPSA) is 75.2 Å². The molecule has 0 spiro atoms. The number of amides is 2. The Morgan fingerprint density at radius 2 is 1.90 bits per heavy atom. The van der Waals surface area contributed by atoms with Gasteiger partial charge in [-0.15, -0.1) is 0 Å². The first-order chi connectivity index (χ1) is 13.9. The van der Waals surface area contributed by atoms with E-state index in [0.717, 1.165) is 10.0 Å². The summed E-state index contributed by atoms with van der Waals surface area (Å²) in [4.78, 5) is 36.0. The fraction of sp³-hybridized carbons (Fsp3) is 0.100. The van der Waals surface area contributed by atoms with Gasteiger partial charge in [0.25, 0.3) is 0 Å². The molecule has 1 N–H and O–H groups in total. The summed E-state index contributed by atoms with van der Waals surface area (Å²) >= 11 is 15.2. The molecule has 1 aromatic carbocycles. The minimum Gasteiger partial charge on any atom is -0.325 e. The Labute approximate surface area is 185 Å². The normalized spacial score (nSPS) is 15.8. The minimum absolute atomic E-state index is 0.146. The maximum absolute atomic E-state index is 13.3. The SMILES string of the molecule is O=C(Nc1cc(Cl)nc(Cl)c1)C1Cc2cccnc2N(c2cccc(Br)c2)C1=O. The number of rotatable bonds is 3. The lowest BCUT2D eigenvalue weighted by atomic mass is 9.92. The molecule has 0 fully saturated rings. The molecule has 0 radical (unpaired) electrons. The number of carbonyl (C=O) groups excluding carboxylic acids is 2. The van der Waals surface area contributed by atoms with Gasteiger partial charge < -0.3 is 5.32 Å². The number of halogens is 3. The highest BCUT2D eigenvalue weighted by Crippen LogP contribution is 2.36. The summed E-state index contributed by atoms with van der Waals surface area (Å²) in [6.07, 6.45) is 1.86. The lowest BCUT2D eigenvalue weighted by Gasteiger charge is -2.32. The van der Waals surface area contributed by atoms with Crippen LogP contribution in [0.25, 0.3) is 0 Å². The maximum atomic E-state index is 13.3. The molecule has 3 aromatic rings. The zero-order valence-corrected chi connectivity index (χ0v) is 17.9.